The lowest BCUT2D eigenvalue weighted by Gasteiger charge is -2.13. The van der Waals surface area contributed by atoms with Gasteiger partial charge in [-0.15, -0.1) is 0 Å². The van der Waals surface area contributed by atoms with Crippen LogP contribution in [0.4, 0.5) is 10.1 Å². The predicted octanol–water partition coefficient (Wildman–Crippen LogP) is 4.73. The van der Waals surface area contributed by atoms with Crippen LogP contribution in [0.15, 0.2) is 82.7 Å². The lowest BCUT2D eigenvalue weighted by molar-refractivity contribution is -0.385. The van der Waals surface area contributed by atoms with E-state index in [1.54, 1.807) is 42.5 Å². The highest BCUT2D eigenvalue weighted by Gasteiger charge is 2.17. The number of rotatable bonds is 5. The molecule has 0 aliphatic heterocycles. The minimum Gasteiger partial charge on any atom is -0.268 e. The van der Waals surface area contributed by atoms with E-state index in [0.29, 0.717) is 27.3 Å². The molecule has 0 bridgehead atoms. The average Bonchev–Trinajstić information content (AvgIpc) is 2.73. The van der Waals surface area contributed by atoms with Crippen LogP contribution in [0.2, 0.25) is 0 Å². The summed E-state index contributed by atoms with van der Waals surface area (Å²) < 4.78 is 14.8. The first-order valence-electron chi connectivity index (χ1n) is 8.67. The Balaban J connectivity index is 1.83. The molecule has 0 N–H and O–H groups in total. The summed E-state index contributed by atoms with van der Waals surface area (Å²) in [6.45, 7) is 0. The van der Waals surface area contributed by atoms with Crippen molar-refractivity contribution in [1.29, 1.82) is 0 Å². The number of hydrogen-bond donors (Lipinski definition) is 0. The van der Waals surface area contributed by atoms with Gasteiger partial charge < -0.3 is 0 Å². The van der Waals surface area contributed by atoms with E-state index >= 15 is 0 Å². The first kappa shape index (κ1) is 18.8. The molecule has 0 aliphatic carbocycles. The fourth-order valence-corrected chi connectivity index (χ4v) is 3.99. The summed E-state index contributed by atoms with van der Waals surface area (Å²) >= 11 is 1.21. The Kier molecular flexibility index (Phi) is 5.09. The molecule has 0 saturated carbocycles. The molecule has 144 valence electrons. The van der Waals surface area contributed by atoms with Crippen molar-refractivity contribution in [2.45, 2.75) is 10.9 Å². The van der Waals surface area contributed by atoms with E-state index in [9.17, 15) is 19.3 Å². The van der Waals surface area contributed by atoms with Gasteiger partial charge in [0.05, 0.1) is 21.5 Å². The van der Waals surface area contributed by atoms with Gasteiger partial charge in [-0.1, -0.05) is 42.1 Å². The lowest BCUT2D eigenvalue weighted by Crippen LogP contribution is -2.21. The largest absolute Gasteiger partial charge is 0.273 e. The van der Waals surface area contributed by atoms with E-state index in [1.165, 1.54) is 46.7 Å². The molecule has 0 radical (unpaired) electrons. The third kappa shape index (κ3) is 3.74. The van der Waals surface area contributed by atoms with Crippen molar-refractivity contribution in [2.24, 2.45) is 0 Å². The number of benzene rings is 3. The molecule has 4 rings (SSSR count). The molecule has 0 unspecified atom stereocenters. The lowest BCUT2D eigenvalue weighted by atomic mass is 10.2. The van der Waals surface area contributed by atoms with Crippen molar-refractivity contribution in [2.75, 3.05) is 0 Å². The Hall–Kier alpha value is -3.52. The van der Waals surface area contributed by atoms with Crippen LogP contribution in [-0.2, 0) is 5.75 Å². The molecule has 0 fully saturated rings. The highest BCUT2D eigenvalue weighted by Crippen LogP contribution is 2.28. The van der Waals surface area contributed by atoms with Crippen LogP contribution in [0.5, 0.6) is 0 Å². The Morgan fingerprint density at radius 3 is 2.45 bits per heavy atom. The number of thioether (sulfide) groups is 1. The van der Waals surface area contributed by atoms with E-state index in [4.69, 9.17) is 0 Å². The summed E-state index contributed by atoms with van der Waals surface area (Å²) in [5, 5.41) is 12.1. The number of fused-ring (bicyclic) bond motifs is 1. The zero-order valence-corrected chi connectivity index (χ0v) is 15.8. The zero-order chi connectivity index (χ0) is 20.4. The number of nitro benzene ring substituents is 1. The molecular formula is C21H14FN3O3S. The molecule has 8 heteroatoms. The van der Waals surface area contributed by atoms with Crippen molar-refractivity contribution in [3.05, 3.63) is 105 Å². The average molecular weight is 407 g/mol. The number of nitrogens with zero attached hydrogens (tertiary/aromatic N) is 3. The third-order valence-corrected chi connectivity index (χ3v) is 5.36. The molecule has 29 heavy (non-hydrogen) atoms. The van der Waals surface area contributed by atoms with Crippen LogP contribution < -0.4 is 5.56 Å². The molecule has 0 amide bonds. The zero-order valence-electron chi connectivity index (χ0n) is 15.0. The monoisotopic (exact) mass is 407 g/mol. The maximum atomic E-state index is 13.4. The van der Waals surface area contributed by atoms with Gasteiger partial charge in [0.1, 0.15) is 5.82 Å². The van der Waals surface area contributed by atoms with Gasteiger partial charge in [-0.25, -0.2) is 9.37 Å². The molecule has 1 heterocycles. The van der Waals surface area contributed by atoms with Crippen molar-refractivity contribution < 1.29 is 9.31 Å². The van der Waals surface area contributed by atoms with Gasteiger partial charge in [0.2, 0.25) is 0 Å². The molecule has 4 aromatic rings. The summed E-state index contributed by atoms with van der Waals surface area (Å²) in [4.78, 5) is 28.6. The van der Waals surface area contributed by atoms with Crippen LogP contribution >= 0.6 is 11.8 Å². The number of nitro groups is 1. The van der Waals surface area contributed by atoms with E-state index in [0.717, 1.165) is 0 Å². The molecule has 3 aromatic carbocycles. The van der Waals surface area contributed by atoms with Gasteiger partial charge in [0.25, 0.3) is 11.2 Å². The second kappa shape index (κ2) is 7.84. The fourth-order valence-electron chi connectivity index (χ4n) is 2.98. The van der Waals surface area contributed by atoms with Crippen molar-refractivity contribution in [3.8, 4) is 5.69 Å². The predicted molar refractivity (Wildman–Crippen MR) is 110 cm³/mol. The number of hydrogen-bond acceptors (Lipinski definition) is 5. The van der Waals surface area contributed by atoms with Gasteiger partial charge in [-0.2, -0.15) is 0 Å². The number of para-hydroxylation sites is 2. The molecular weight excluding hydrogens is 393 g/mol. The van der Waals surface area contributed by atoms with Gasteiger partial charge in [-0.05, 0) is 36.4 Å². The minimum atomic E-state index is -0.434. The van der Waals surface area contributed by atoms with Crippen LogP contribution in [0.3, 0.4) is 0 Å². The van der Waals surface area contributed by atoms with Gasteiger partial charge >= 0.3 is 0 Å². The molecule has 0 spiro atoms. The van der Waals surface area contributed by atoms with E-state index in [-0.39, 0.29) is 17.0 Å². The Morgan fingerprint density at radius 2 is 1.69 bits per heavy atom. The first-order valence-corrected chi connectivity index (χ1v) is 9.66. The smallest absolute Gasteiger partial charge is 0.268 e. The quantitative estimate of drug-likeness (QED) is 0.207. The second-order valence-electron chi connectivity index (χ2n) is 6.20. The Morgan fingerprint density at radius 1 is 1.00 bits per heavy atom. The standard InChI is InChI=1S/C21H14FN3O3S/c22-15-9-11-16(12-10-15)24-20(26)17-6-2-3-7-18(17)23-21(24)29-13-14-5-1-4-8-19(14)25(27)28/h1-12H,13H2. The van der Waals surface area contributed by atoms with E-state index in [2.05, 4.69) is 4.98 Å². The van der Waals surface area contributed by atoms with Crippen molar-refractivity contribution >= 4 is 28.4 Å². The van der Waals surface area contributed by atoms with E-state index < -0.39 is 10.7 Å². The summed E-state index contributed by atoms with van der Waals surface area (Å²) in [5.41, 5.74) is 1.25. The van der Waals surface area contributed by atoms with Crippen molar-refractivity contribution in [1.82, 2.24) is 9.55 Å². The van der Waals surface area contributed by atoms with E-state index in [1.807, 2.05) is 0 Å². The SMILES string of the molecule is O=c1c2ccccc2nc(SCc2ccccc2[N+](=O)[O-])n1-c1ccc(F)cc1. The Bertz CT molecular complexity index is 1270. The highest BCUT2D eigenvalue weighted by molar-refractivity contribution is 7.98. The molecule has 0 atom stereocenters. The fraction of sp³-hybridized carbons (Fsp3) is 0.0476. The van der Waals surface area contributed by atoms with Crippen LogP contribution in [0, 0.1) is 15.9 Å². The maximum Gasteiger partial charge on any atom is 0.273 e. The molecule has 1 aromatic heterocycles. The maximum absolute atomic E-state index is 13.4. The number of halogens is 1. The molecule has 0 aliphatic rings. The first-order chi connectivity index (χ1) is 14.0. The number of aromatic nitrogens is 2. The van der Waals surface area contributed by atoms with Crippen LogP contribution in [0.1, 0.15) is 5.56 Å². The summed E-state index contributed by atoms with van der Waals surface area (Å²) in [5.74, 6) is -0.159. The molecule has 6 nitrogen and oxygen atoms in total. The van der Waals surface area contributed by atoms with Crippen LogP contribution in [-0.4, -0.2) is 14.5 Å². The van der Waals surface area contributed by atoms with Crippen molar-refractivity contribution in [3.63, 3.8) is 0 Å². The topological polar surface area (TPSA) is 78.0 Å². The summed E-state index contributed by atoms with van der Waals surface area (Å²) in [7, 11) is 0. The summed E-state index contributed by atoms with van der Waals surface area (Å²) in [6, 6.07) is 18.9. The summed E-state index contributed by atoms with van der Waals surface area (Å²) in [6.07, 6.45) is 0. The Labute approximate surface area is 168 Å². The minimum absolute atomic E-state index is 0.0106. The molecule has 0 saturated heterocycles. The third-order valence-electron chi connectivity index (χ3n) is 4.37. The van der Waals surface area contributed by atoms with Gasteiger partial charge in [0.15, 0.2) is 5.16 Å². The van der Waals surface area contributed by atoms with Gasteiger partial charge in [0, 0.05) is 17.4 Å². The second-order valence-corrected chi connectivity index (χ2v) is 7.15. The highest BCUT2D eigenvalue weighted by atomic mass is 32.2. The van der Waals surface area contributed by atoms with Crippen LogP contribution in [0.25, 0.3) is 16.6 Å². The van der Waals surface area contributed by atoms with Gasteiger partial charge in [-0.3, -0.25) is 19.5 Å². The normalized spacial score (nSPS) is 10.9.